The molecule has 1 aromatic rings. The quantitative estimate of drug-likeness (QED) is 0.854. The Morgan fingerprint density at radius 1 is 0.952 bits per heavy atom. The van der Waals surface area contributed by atoms with Gasteiger partial charge in [-0.1, -0.05) is 19.3 Å². The third-order valence-corrected chi connectivity index (χ3v) is 5.24. The Morgan fingerprint density at radius 2 is 1.71 bits per heavy atom. The van der Waals surface area contributed by atoms with Crippen molar-refractivity contribution in [1.29, 1.82) is 0 Å². The number of likely N-dealkylation sites (tertiary alicyclic amines) is 1. The molecule has 4 heteroatoms. The molecule has 0 N–H and O–H groups in total. The molecular weight excluding hydrogens is 260 g/mol. The van der Waals surface area contributed by atoms with Crippen molar-refractivity contribution in [3.8, 4) is 0 Å². The molecule has 0 aromatic carbocycles. The molecule has 1 aliphatic heterocycles. The maximum Gasteiger partial charge on any atom is 0.147 e. The van der Waals surface area contributed by atoms with Crippen molar-refractivity contribution in [3.63, 3.8) is 0 Å². The molecular formula is C17H30N4. The molecule has 1 saturated carbocycles. The van der Waals surface area contributed by atoms with Crippen LogP contribution in [0.15, 0.2) is 0 Å². The first-order chi connectivity index (χ1) is 10.2. The lowest BCUT2D eigenvalue weighted by molar-refractivity contribution is 0.127. The number of aromatic nitrogens is 3. The molecule has 1 aliphatic carbocycles. The van der Waals surface area contributed by atoms with Gasteiger partial charge in [-0.15, -0.1) is 0 Å². The van der Waals surface area contributed by atoms with Gasteiger partial charge in [-0.3, -0.25) is 0 Å². The molecule has 1 atom stereocenters. The van der Waals surface area contributed by atoms with E-state index in [9.17, 15) is 0 Å². The molecule has 2 aliphatic rings. The molecule has 0 unspecified atom stereocenters. The van der Waals surface area contributed by atoms with Crippen LogP contribution in [0.3, 0.4) is 0 Å². The topological polar surface area (TPSA) is 34.0 Å². The van der Waals surface area contributed by atoms with Gasteiger partial charge in [0.2, 0.25) is 0 Å². The zero-order chi connectivity index (χ0) is 14.7. The number of hydrogen-bond acceptors (Lipinski definition) is 3. The second kappa shape index (κ2) is 6.91. The highest BCUT2D eigenvalue weighted by molar-refractivity contribution is 4.88. The Labute approximate surface area is 128 Å². The third kappa shape index (κ3) is 4.06. The molecule has 118 valence electrons. The fraction of sp³-hybridized carbons (Fsp3) is 0.882. The van der Waals surface area contributed by atoms with Crippen molar-refractivity contribution in [3.05, 3.63) is 11.6 Å². The van der Waals surface area contributed by atoms with Crippen LogP contribution in [0, 0.1) is 25.7 Å². The van der Waals surface area contributed by atoms with Crippen LogP contribution in [0.2, 0.25) is 0 Å². The maximum atomic E-state index is 4.53. The van der Waals surface area contributed by atoms with Crippen LogP contribution >= 0.6 is 0 Å². The summed E-state index contributed by atoms with van der Waals surface area (Å²) in [6.07, 6.45) is 10.00. The molecule has 0 spiro atoms. The van der Waals surface area contributed by atoms with E-state index in [0.29, 0.717) is 0 Å². The van der Waals surface area contributed by atoms with E-state index in [2.05, 4.69) is 26.6 Å². The summed E-state index contributed by atoms with van der Waals surface area (Å²) >= 11 is 0. The highest BCUT2D eigenvalue weighted by Gasteiger charge is 2.24. The Hall–Kier alpha value is -0.900. The molecule has 0 amide bonds. The van der Waals surface area contributed by atoms with E-state index in [0.717, 1.165) is 30.0 Å². The SMILES string of the molecule is Cc1nc(C)n(C[C@H]2CCCN(CC3CCCCC3)C2)n1. The van der Waals surface area contributed by atoms with Crippen LogP contribution in [0.5, 0.6) is 0 Å². The predicted octanol–water partition coefficient (Wildman–Crippen LogP) is 3.19. The van der Waals surface area contributed by atoms with Crippen molar-refractivity contribution in [1.82, 2.24) is 19.7 Å². The highest BCUT2D eigenvalue weighted by atomic mass is 15.3. The first-order valence-electron chi connectivity index (χ1n) is 8.81. The van der Waals surface area contributed by atoms with Gasteiger partial charge in [-0.25, -0.2) is 9.67 Å². The normalized spacial score (nSPS) is 25.3. The molecule has 4 nitrogen and oxygen atoms in total. The lowest BCUT2D eigenvalue weighted by Crippen LogP contribution is -2.40. The standard InChI is InChI=1S/C17H30N4/c1-14-18-15(2)21(19-14)13-17-9-6-10-20(12-17)11-16-7-4-3-5-8-16/h16-17H,3-13H2,1-2H3/t17-/m0/s1. The minimum absolute atomic E-state index is 0.752. The fourth-order valence-electron chi connectivity index (χ4n) is 4.18. The second-order valence-electron chi connectivity index (χ2n) is 7.16. The van der Waals surface area contributed by atoms with Gasteiger partial charge in [0.1, 0.15) is 11.6 Å². The average molecular weight is 290 g/mol. The van der Waals surface area contributed by atoms with Crippen LogP contribution in [0.25, 0.3) is 0 Å². The largest absolute Gasteiger partial charge is 0.303 e. The van der Waals surface area contributed by atoms with E-state index in [1.807, 2.05) is 6.92 Å². The molecule has 0 radical (unpaired) electrons. The van der Waals surface area contributed by atoms with Crippen molar-refractivity contribution in [2.75, 3.05) is 19.6 Å². The van der Waals surface area contributed by atoms with E-state index >= 15 is 0 Å². The number of nitrogens with zero attached hydrogens (tertiary/aromatic N) is 4. The lowest BCUT2D eigenvalue weighted by Gasteiger charge is -2.36. The van der Waals surface area contributed by atoms with E-state index in [-0.39, 0.29) is 0 Å². The zero-order valence-electron chi connectivity index (χ0n) is 13.7. The number of aryl methyl sites for hydroxylation is 2. The van der Waals surface area contributed by atoms with Crippen LogP contribution in [-0.2, 0) is 6.54 Å². The van der Waals surface area contributed by atoms with Gasteiger partial charge in [0, 0.05) is 19.6 Å². The first kappa shape index (κ1) is 15.0. The second-order valence-corrected chi connectivity index (χ2v) is 7.16. The van der Waals surface area contributed by atoms with Gasteiger partial charge < -0.3 is 4.90 Å². The molecule has 0 bridgehead atoms. The molecule has 1 saturated heterocycles. The summed E-state index contributed by atoms with van der Waals surface area (Å²) in [6, 6.07) is 0. The number of hydrogen-bond donors (Lipinski definition) is 0. The van der Waals surface area contributed by atoms with Crippen LogP contribution < -0.4 is 0 Å². The van der Waals surface area contributed by atoms with Crippen molar-refractivity contribution >= 4 is 0 Å². The summed E-state index contributed by atoms with van der Waals surface area (Å²) in [5, 5.41) is 4.53. The van der Waals surface area contributed by atoms with Crippen LogP contribution in [-0.4, -0.2) is 39.3 Å². The molecule has 1 aromatic heterocycles. The first-order valence-corrected chi connectivity index (χ1v) is 8.81. The molecule has 2 fully saturated rings. The van der Waals surface area contributed by atoms with Crippen LogP contribution in [0.4, 0.5) is 0 Å². The maximum absolute atomic E-state index is 4.53. The van der Waals surface area contributed by atoms with E-state index in [1.54, 1.807) is 0 Å². The Bertz CT molecular complexity index is 448. The van der Waals surface area contributed by atoms with Crippen molar-refractivity contribution < 1.29 is 0 Å². The Balaban J connectivity index is 1.51. The minimum Gasteiger partial charge on any atom is -0.303 e. The Morgan fingerprint density at radius 3 is 2.43 bits per heavy atom. The molecule has 3 rings (SSSR count). The number of rotatable bonds is 4. The third-order valence-electron chi connectivity index (χ3n) is 5.24. The van der Waals surface area contributed by atoms with Gasteiger partial charge in [-0.2, -0.15) is 5.10 Å². The van der Waals surface area contributed by atoms with Gasteiger partial charge in [0.25, 0.3) is 0 Å². The summed E-state index contributed by atoms with van der Waals surface area (Å²) < 4.78 is 2.12. The molecule has 21 heavy (non-hydrogen) atoms. The zero-order valence-corrected chi connectivity index (χ0v) is 13.7. The monoisotopic (exact) mass is 290 g/mol. The molecule has 2 heterocycles. The summed E-state index contributed by atoms with van der Waals surface area (Å²) in [5.74, 6) is 3.69. The lowest BCUT2D eigenvalue weighted by atomic mass is 9.88. The predicted molar refractivity (Wildman–Crippen MR) is 85.2 cm³/mol. The highest BCUT2D eigenvalue weighted by Crippen LogP contribution is 2.26. The smallest absolute Gasteiger partial charge is 0.147 e. The number of piperidine rings is 1. The van der Waals surface area contributed by atoms with Gasteiger partial charge in [0.15, 0.2) is 0 Å². The van der Waals surface area contributed by atoms with Crippen molar-refractivity contribution in [2.45, 2.75) is 65.3 Å². The van der Waals surface area contributed by atoms with Gasteiger partial charge in [0.05, 0.1) is 0 Å². The van der Waals surface area contributed by atoms with Gasteiger partial charge >= 0.3 is 0 Å². The Kier molecular flexibility index (Phi) is 4.94. The average Bonchev–Trinajstić information content (AvgIpc) is 2.78. The van der Waals surface area contributed by atoms with Gasteiger partial charge in [-0.05, 0) is 57.9 Å². The van der Waals surface area contributed by atoms with E-state index < -0.39 is 0 Å². The summed E-state index contributed by atoms with van der Waals surface area (Å²) in [5.41, 5.74) is 0. The summed E-state index contributed by atoms with van der Waals surface area (Å²) in [7, 11) is 0. The van der Waals surface area contributed by atoms with Crippen molar-refractivity contribution in [2.24, 2.45) is 11.8 Å². The van der Waals surface area contributed by atoms with E-state index in [1.165, 1.54) is 64.6 Å². The minimum atomic E-state index is 0.752. The van der Waals surface area contributed by atoms with E-state index in [4.69, 9.17) is 0 Å². The fourth-order valence-corrected chi connectivity index (χ4v) is 4.18. The summed E-state index contributed by atoms with van der Waals surface area (Å²) in [4.78, 5) is 7.15. The van der Waals surface area contributed by atoms with Crippen LogP contribution in [0.1, 0.15) is 56.6 Å². The summed E-state index contributed by atoms with van der Waals surface area (Å²) in [6.45, 7) is 9.01.